The Kier molecular flexibility index (Phi) is 5.43. The van der Waals surface area contributed by atoms with Gasteiger partial charge >= 0.3 is 0 Å². The van der Waals surface area contributed by atoms with Gasteiger partial charge in [0.05, 0.1) is 5.69 Å². The highest BCUT2D eigenvalue weighted by Crippen LogP contribution is 2.26. The number of benzene rings is 1. The third kappa shape index (κ3) is 3.66. The fraction of sp³-hybridized carbons (Fsp3) is 0.500. The average molecular weight is 285 g/mol. The summed E-state index contributed by atoms with van der Waals surface area (Å²) in [5.74, 6) is 0.969. The van der Waals surface area contributed by atoms with Gasteiger partial charge in [0, 0.05) is 18.4 Å². The van der Waals surface area contributed by atoms with Crippen LogP contribution in [-0.4, -0.2) is 9.55 Å². The van der Waals surface area contributed by atoms with Crippen LogP contribution in [0.3, 0.4) is 0 Å². The third-order valence-electron chi connectivity index (χ3n) is 3.89. The highest BCUT2D eigenvalue weighted by molar-refractivity contribution is 5.64. The molecule has 0 aliphatic rings. The lowest BCUT2D eigenvalue weighted by atomic mass is 10.0. The van der Waals surface area contributed by atoms with Crippen molar-refractivity contribution >= 4 is 11.6 Å². The van der Waals surface area contributed by atoms with Crippen molar-refractivity contribution in [2.24, 2.45) is 0 Å². The van der Waals surface area contributed by atoms with Crippen molar-refractivity contribution in [3.63, 3.8) is 0 Å². The number of nitrogens with zero attached hydrogens (tertiary/aromatic N) is 2. The van der Waals surface area contributed by atoms with Crippen LogP contribution in [-0.2, 0) is 19.4 Å². The average Bonchev–Trinajstić information content (AvgIpc) is 2.85. The van der Waals surface area contributed by atoms with Gasteiger partial charge in [-0.2, -0.15) is 0 Å². The van der Waals surface area contributed by atoms with Crippen LogP contribution in [0.1, 0.15) is 50.4 Å². The van der Waals surface area contributed by atoms with Gasteiger partial charge in [0.1, 0.15) is 0 Å². The molecule has 0 atom stereocenters. The largest absolute Gasteiger partial charge is 0.325 e. The zero-order valence-electron chi connectivity index (χ0n) is 13.7. The van der Waals surface area contributed by atoms with Gasteiger partial charge in [0.15, 0.2) is 0 Å². The van der Waals surface area contributed by atoms with E-state index in [1.54, 1.807) is 0 Å². The number of imidazole rings is 1. The van der Waals surface area contributed by atoms with Gasteiger partial charge in [0.25, 0.3) is 0 Å². The first-order chi connectivity index (χ1) is 10.2. The number of aromatic nitrogens is 2. The molecule has 114 valence electrons. The lowest BCUT2D eigenvalue weighted by Crippen LogP contribution is -2.06. The van der Waals surface area contributed by atoms with Gasteiger partial charge < -0.3 is 9.88 Å². The van der Waals surface area contributed by atoms with E-state index in [4.69, 9.17) is 0 Å². The molecule has 2 aromatic rings. The van der Waals surface area contributed by atoms with Gasteiger partial charge in [-0.3, -0.25) is 0 Å². The normalized spacial score (nSPS) is 10.9. The van der Waals surface area contributed by atoms with E-state index in [1.165, 1.54) is 29.7 Å². The Morgan fingerprint density at radius 2 is 1.76 bits per heavy atom. The first-order valence-electron chi connectivity index (χ1n) is 8.11. The molecular weight excluding hydrogens is 258 g/mol. The summed E-state index contributed by atoms with van der Waals surface area (Å²) in [6.07, 6.45) is 6.58. The van der Waals surface area contributed by atoms with E-state index in [0.29, 0.717) is 0 Å². The molecular formula is C18H27N3. The van der Waals surface area contributed by atoms with Crippen LogP contribution < -0.4 is 5.32 Å². The maximum Gasteiger partial charge on any atom is 0.207 e. The molecule has 0 aliphatic carbocycles. The van der Waals surface area contributed by atoms with E-state index in [0.717, 1.165) is 31.0 Å². The van der Waals surface area contributed by atoms with Gasteiger partial charge in [-0.1, -0.05) is 45.4 Å². The Labute approximate surface area is 128 Å². The summed E-state index contributed by atoms with van der Waals surface area (Å²) in [5, 5.41) is 3.59. The molecule has 3 heteroatoms. The molecule has 0 fully saturated rings. The van der Waals surface area contributed by atoms with Crippen molar-refractivity contribution in [2.45, 2.75) is 59.9 Å². The monoisotopic (exact) mass is 285 g/mol. The number of hydrogen-bond acceptors (Lipinski definition) is 2. The van der Waals surface area contributed by atoms with Crippen molar-refractivity contribution in [2.75, 3.05) is 5.32 Å². The van der Waals surface area contributed by atoms with Crippen molar-refractivity contribution in [1.29, 1.82) is 0 Å². The number of rotatable bonds is 7. The van der Waals surface area contributed by atoms with Crippen molar-refractivity contribution in [1.82, 2.24) is 9.55 Å². The second kappa shape index (κ2) is 7.30. The summed E-state index contributed by atoms with van der Waals surface area (Å²) in [5.41, 5.74) is 5.03. The molecule has 1 aromatic heterocycles. The minimum absolute atomic E-state index is 0.969. The Morgan fingerprint density at radius 1 is 1.10 bits per heavy atom. The summed E-state index contributed by atoms with van der Waals surface area (Å²) in [4.78, 5) is 4.66. The number of aryl methyl sites for hydroxylation is 4. The molecule has 0 unspecified atom stereocenters. The quantitative estimate of drug-likeness (QED) is 0.787. The van der Waals surface area contributed by atoms with Crippen LogP contribution in [0.5, 0.6) is 0 Å². The maximum atomic E-state index is 4.66. The second-order valence-electron chi connectivity index (χ2n) is 5.54. The molecule has 0 bridgehead atoms. The van der Waals surface area contributed by atoms with E-state index in [1.807, 2.05) is 0 Å². The van der Waals surface area contributed by atoms with E-state index in [2.05, 4.69) is 67.0 Å². The summed E-state index contributed by atoms with van der Waals surface area (Å²) >= 11 is 0. The molecule has 1 heterocycles. The Bertz CT molecular complexity index is 562. The number of para-hydroxylation sites is 1. The molecule has 0 aliphatic heterocycles. The smallest absolute Gasteiger partial charge is 0.207 e. The molecule has 0 saturated heterocycles. The van der Waals surface area contributed by atoms with Crippen LogP contribution >= 0.6 is 0 Å². The molecule has 3 nitrogen and oxygen atoms in total. The highest BCUT2D eigenvalue weighted by Gasteiger charge is 2.11. The lowest BCUT2D eigenvalue weighted by Gasteiger charge is -2.16. The van der Waals surface area contributed by atoms with Crippen molar-refractivity contribution in [3.05, 3.63) is 41.2 Å². The van der Waals surface area contributed by atoms with Crippen LogP contribution in [0.2, 0.25) is 0 Å². The second-order valence-corrected chi connectivity index (χ2v) is 5.54. The number of anilines is 2. The minimum Gasteiger partial charge on any atom is -0.325 e. The van der Waals surface area contributed by atoms with Crippen LogP contribution in [0, 0.1) is 6.92 Å². The van der Waals surface area contributed by atoms with E-state index in [-0.39, 0.29) is 0 Å². The number of unbranched alkanes of at least 4 members (excludes halogenated alkanes) is 1. The fourth-order valence-electron chi connectivity index (χ4n) is 2.66. The van der Waals surface area contributed by atoms with Crippen LogP contribution in [0.25, 0.3) is 0 Å². The zero-order valence-corrected chi connectivity index (χ0v) is 13.7. The topological polar surface area (TPSA) is 29.9 Å². The van der Waals surface area contributed by atoms with Gasteiger partial charge in [-0.25, -0.2) is 4.98 Å². The van der Waals surface area contributed by atoms with Crippen LogP contribution in [0.4, 0.5) is 11.6 Å². The standard InChI is InChI=1S/C18H27N3/c1-5-8-12-21-13-14(4)19-18(21)20-17-15(6-2)10-9-11-16(17)7-3/h9-11,13H,5-8,12H2,1-4H3,(H,19,20). The predicted molar refractivity (Wildman–Crippen MR) is 90.4 cm³/mol. The Hall–Kier alpha value is -1.77. The molecule has 0 saturated carbocycles. The lowest BCUT2D eigenvalue weighted by molar-refractivity contribution is 0.637. The molecule has 0 amide bonds. The molecule has 1 aromatic carbocycles. The van der Waals surface area contributed by atoms with Gasteiger partial charge in [-0.15, -0.1) is 0 Å². The van der Waals surface area contributed by atoms with Gasteiger partial charge in [-0.05, 0) is 37.3 Å². The molecule has 2 rings (SSSR count). The predicted octanol–water partition coefficient (Wildman–Crippen LogP) is 4.86. The van der Waals surface area contributed by atoms with Gasteiger partial charge in [0.2, 0.25) is 5.95 Å². The zero-order chi connectivity index (χ0) is 15.2. The minimum atomic E-state index is 0.969. The Balaban J connectivity index is 2.33. The first kappa shape index (κ1) is 15.6. The SMILES string of the molecule is CCCCn1cc(C)nc1Nc1c(CC)cccc1CC. The summed E-state index contributed by atoms with van der Waals surface area (Å²) in [6, 6.07) is 6.55. The molecule has 0 spiro atoms. The van der Waals surface area contributed by atoms with Crippen molar-refractivity contribution < 1.29 is 0 Å². The summed E-state index contributed by atoms with van der Waals surface area (Å²) in [7, 11) is 0. The van der Waals surface area contributed by atoms with Crippen LogP contribution in [0.15, 0.2) is 24.4 Å². The first-order valence-corrected chi connectivity index (χ1v) is 8.11. The molecule has 21 heavy (non-hydrogen) atoms. The summed E-state index contributed by atoms with van der Waals surface area (Å²) in [6.45, 7) is 9.71. The fourth-order valence-corrected chi connectivity index (χ4v) is 2.66. The highest BCUT2D eigenvalue weighted by atomic mass is 15.2. The van der Waals surface area contributed by atoms with Crippen molar-refractivity contribution in [3.8, 4) is 0 Å². The summed E-state index contributed by atoms with van der Waals surface area (Å²) < 4.78 is 2.24. The molecule has 0 radical (unpaired) electrons. The molecule has 1 N–H and O–H groups in total. The number of hydrogen-bond donors (Lipinski definition) is 1. The van der Waals surface area contributed by atoms with E-state index >= 15 is 0 Å². The maximum absolute atomic E-state index is 4.66. The third-order valence-corrected chi connectivity index (χ3v) is 3.89. The Morgan fingerprint density at radius 3 is 2.33 bits per heavy atom. The van der Waals surface area contributed by atoms with E-state index in [9.17, 15) is 0 Å². The van der Waals surface area contributed by atoms with E-state index < -0.39 is 0 Å². The number of nitrogens with one attached hydrogen (secondary N) is 1.